The summed E-state index contributed by atoms with van der Waals surface area (Å²) in [7, 11) is 2.92. The number of rotatable bonds is 5. The highest BCUT2D eigenvalue weighted by Gasteiger charge is 2.37. The van der Waals surface area contributed by atoms with Gasteiger partial charge in [-0.15, -0.1) is 0 Å². The van der Waals surface area contributed by atoms with E-state index in [1.165, 1.54) is 7.11 Å². The van der Waals surface area contributed by atoms with Crippen LogP contribution in [0.3, 0.4) is 0 Å². The first kappa shape index (κ1) is 19.9. The zero-order chi connectivity index (χ0) is 20.3. The van der Waals surface area contributed by atoms with Crippen LogP contribution in [0.25, 0.3) is 6.08 Å². The average molecular weight is 442 g/mol. The molecule has 6 heteroatoms. The van der Waals surface area contributed by atoms with E-state index in [0.717, 1.165) is 21.3 Å². The molecule has 0 spiro atoms. The van der Waals surface area contributed by atoms with Gasteiger partial charge in [0, 0.05) is 10.2 Å². The van der Waals surface area contributed by atoms with Crippen LogP contribution in [0.1, 0.15) is 18.1 Å². The fourth-order valence-electron chi connectivity index (χ4n) is 3.08. The molecule has 0 bridgehead atoms. The number of nitrogens with zero attached hydrogens (tertiary/aromatic N) is 1. The third-order valence-electron chi connectivity index (χ3n) is 4.61. The first-order valence-electron chi connectivity index (χ1n) is 8.67. The summed E-state index contributed by atoms with van der Waals surface area (Å²) in [4.78, 5) is 27.2. The highest BCUT2D eigenvalue weighted by molar-refractivity contribution is 9.10. The number of esters is 1. The number of methoxy groups -OCH3 is 2. The van der Waals surface area contributed by atoms with Crippen molar-refractivity contribution in [2.45, 2.75) is 13.5 Å². The lowest BCUT2D eigenvalue weighted by atomic mass is 10.0. The Labute approximate surface area is 172 Å². The second kappa shape index (κ2) is 8.44. The van der Waals surface area contributed by atoms with E-state index in [1.807, 2.05) is 48.5 Å². The molecule has 144 valence electrons. The van der Waals surface area contributed by atoms with Gasteiger partial charge in [0.25, 0.3) is 5.91 Å². The van der Waals surface area contributed by atoms with Gasteiger partial charge in [-0.2, -0.15) is 0 Å². The molecule has 1 amide bonds. The van der Waals surface area contributed by atoms with Crippen molar-refractivity contribution in [3.63, 3.8) is 0 Å². The minimum Gasteiger partial charge on any atom is -0.497 e. The summed E-state index contributed by atoms with van der Waals surface area (Å²) < 4.78 is 10.9. The van der Waals surface area contributed by atoms with E-state index in [2.05, 4.69) is 15.9 Å². The minimum atomic E-state index is -0.526. The molecule has 0 N–H and O–H groups in total. The summed E-state index contributed by atoms with van der Waals surface area (Å²) in [6.45, 7) is 2.11. The number of hydrogen-bond donors (Lipinski definition) is 0. The predicted molar refractivity (Wildman–Crippen MR) is 110 cm³/mol. The molecule has 0 saturated carbocycles. The molecule has 0 aliphatic carbocycles. The Morgan fingerprint density at radius 1 is 1.11 bits per heavy atom. The maximum atomic E-state index is 13.2. The van der Waals surface area contributed by atoms with Crippen LogP contribution in [0, 0.1) is 0 Å². The summed E-state index contributed by atoms with van der Waals surface area (Å²) in [5, 5.41) is 0. The molecule has 3 rings (SSSR count). The maximum absolute atomic E-state index is 13.2. The normalized spacial score (nSPS) is 15.4. The quantitative estimate of drug-likeness (QED) is 0.511. The second-order valence-electron chi connectivity index (χ2n) is 6.27. The summed E-state index contributed by atoms with van der Waals surface area (Å²) in [5.74, 6) is -0.0145. The van der Waals surface area contributed by atoms with E-state index in [9.17, 15) is 9.59 Å². The first-order valence-corrected chi connectivity index (χ1v) is 9.46. The first-order chi connectivity index (χ1) is 13.5. The fourth-order valence-corrected chi connectivity index (χ4v) is 3.48. The van der Waals surface area contributed by atoms with Crippen LogP contribution in [0.5, 0.6) is 5.75 Å². The fraction of sp³-hybridized carbons (Fsp3) is 0.182. The lowest BCUT2D eigenvalue weighted by Gasteiger charge is -2.18. The van der Waals surface area contributed by atoms with Crippen molar-refractivity contribution >= 4 is 33.9 Å². The van der Waals surface area contributed by atoms with Crippen molar-refractivity contribution in [3.8, 4) is 5.75 Å². The van der Waals surface area contributed by atoms with Gasteiger partial charge in [0.1, 0.15) is 5.75 Å². The van der Waals surface area contributed by atoms with Gasteiger partial charge in [-0.3, -0.25) is 4.79 Å². The van der Waals surface area contributed by atoms with Gasteiger partial charge in [-0.25, -0.2) is 4.79 Å². The van der Waals surface area contributed by atoms with E-state index in [4.69, 9.17) is 9.47 Å². The van der Waals surface area contributed by atoms with Crippen LogP contribution < -0.4 is 4.74 Å². The number of halogens is 1. The Bertz CT molecular complexity index is 976. The Morgan fingerprint density at radius 3 is 2.39 bits per heavy atom. The van der Waals surface area contributed by atoms with Gasteiger partial charge in [0.05, 0.1) is 31.9 Å². The molecule has 1 aliphatic rings. The molecule has 2 aromatic rings. The lowest BCUT2D eigenvalue weighted by Crippen LogP contribution is -2.24. The van der Waals surface area contributed by atoms with E-state index < -0.39 is 5.97 Å². The van der Waals surface area contributed by atoms with E-state index in [-0.39, 0.29) is 11.5 Å². The predicted octanol–water partition coefficient (Wildman–Crippen LogP) is 4.33. The minimum absolute atomic E-state index is 0.232. The maximum Gasteiger partial charge on any atom is 0.340 e. The SMILES string of the molecule is COC(=O)C1=C(C)N(Cc2ccc(OC)cc2)C(=O)/C1=C\c1ccccc1Br. The molecule has 1 heterocycles. The standard InChI is InChI=1S/C22H20BrNO4/c1-14-20(22(26)28-3)18(12-16-6-4-5-7-19(16)23)21(25)24(14)13-15-8-10-17(27-2)11-9-15/h4-12H,13H2,1-3H3/b18-12-. The number of ether oxygens (including phenoxy) is 2. The van der Waals surface area contributed by atoms with Crippen molar-refractivity contribution in [1.82, 2.24) is 4.90 Å². The lowest BCUT2D eigenvalue weighted by molar-refractivity contribution is -0.136. The number of hydrogen-bond acceptors (Lipinski definition) is 4. The van der Waals surface area contributed by atoms with Gasteiger partial charge in [0.15, 0.2) is 0 Å². The van der Waals surface area contributed by atoms with E-state index in [1.54, 1.807) is 25.0 Å². The zero-order valence-corrected chi connectivity index (χ0v) is 17.4. The van der Waals surface area contributed by atoms with Crippen molar-refractivity contribution in [2.75, 3.05) is 14.2 Å². The van der Waals surface area contributed by atoms with Crippen LogP contribution >= 0.6 is 15.9 Å². The molecule has 0 aromatic heterocycles. The van der Waals surface area contributed by atoms with Crippen LogP contribution in [0.15, 0.2) is 69.8 Å². The highest BCUT2D eigenvalue weighted by atomic mass is 79.9. The molecule has 0 fully saturated rings. The molecular weight excluding hydrogens is 422 g/mol. The molecule has 28 heavy (non-hydrogen) atoms. The molecule has 0 atom stereocenters. The molecule has 0 radical (unpaired) electrons. The van der Waals surface area contributed by atoms with Gasteiger partial charge >= 0.3 is 5.97 Å². The van der Waals surface area contributed by atoms with Gasteiger partial charge in [-0.05, 0) is 42.3 Å². The molecule has 1 aliphatic heterocycles. The van der Waals surface area contributed by atoms with E-state index in [0.29, 0.717) is 17.8 Å². The molecule has 5 nitrogen and oxygen atoms in total. The summed E-state index contributed by atoms with van der Waals surface area (Å²) in [5.41, 5.74) is 2.93. The summed E-state index contributed by atoms with van der Waals surface area (Å²) in [6.07, 6.45) is 1.72. The number of allylic oxidation sites excluding steroid dienone is 1. The smallest absolute Gasteiger partial charge is 0.340 e. The third kappa shape index (κ3) is 3.87. The Morgan fingerprint density at radius 2 is 1.79 bits per heavy atom. The molecule has 0 saturated heterocycles. The number of amides is 1. The largest absolute Gasteiger partial charge is 0.497 e. The Balaban J connectivity index is 2.01. The molecular formula is C22H20BrNO4. The van der Waals surface area contributed by atoms with E-state index >= 15 is 0 Å². The third-order valence-corrected chi connectivity index (χ3v) is 5.33. The zero-order valence-electron chi connectivity index (χ0n) is 15.9. The van der Waals surface area contributed by atoms with Gasteiger partial charge in [0.2, 0.25) is 0 Å². The number of carbonyl (C=O) groups is 2. The van der Waals surface area contributed by atoms with Crippen LogP contribution in [0.2, 0.25) is 0 Å². The van der Waals surface area contributed by atoms with Gasteiger partial charge < -0.3 is 14.4 Å². The van der Waals surface area contributed by atoms with Crippen molar-refractivity contribution in [1.29, 1.82) is 0 Å². The number of carbonyl (C=O) groups excluding carboxylic acids is 2. The number of benzene rings is 2. The van der Waals surface area contributed by atoms with Crippen LogP contribution in [0.4, 0.5) is 0 Å². The van der Waals surface area contributed by atoms with Crippen molar-refractivity contribution in [2.24, 2.45) is 0 Å². The van der Waals surface area contributed by atoms with Crippen LogP contribution in [-0.2, 0) is 20.9 Å². The molecule has 0 unspecified atom stereocenters. The second-order valence-corrected chi connectivity index (χ2v) is 7.13. The van der Waals surface area contributed by atoms with Gasteiger partial charge in [-0.1, -0.05) is 46.3 Å². The topological polar surface area (TPSA) is 55.8 Å². The highest BCUT2D eigenvalue weighted by Crippen LogP contribution is 2.34. The summed E-state index contributed by atoms with van der Waals surface area (Å²) >= 11 is 3.48. The Kier molecular flexibility index (Phi) is 5.99. The Hall–Kier alpha value is -2.86. The van der Waals surface area contributed by atoms with Crippen molar-refractivity contribution in [3.05, 3.63) is 81.0 Å². The monoisotopic (exact) mass is 441 g/mol. The van der Waals surface area contributed by atoms with Crippen LogP contribution in [-0.4, -0.2) is 31.0 Å². The molecule has 2 aromatic carbocycles. The summed E-state index contributed by atoms with van der Waals surface area (Å²) in [6, 6.07) is 15.0. The average Bonchev–Trinajstić information content (AvgIpc) is 2.94. The van der Waals surface area contributed by atoms with Crippen molar-refractivity contribution < 1.29 is 19.1 Å².